The molecule has 3 N–H and O–H groups in total. The summed E-state index contributed by atoms with van der Waals surface area (Å²) >= 11 is 5.89. The molecule has 0 spiro atoms. The molecular formula is C13H16ClN3O2. The highest BCUT2D eigenvalue weighted by molar-refractivity contribution is 6.31. The fraction of sp³-hybridized carbons (Fsp3) is 0.385. The Morgan fingerprint density at radius 1 is 1.58 bits per heavy atom. The molecule has 1 atom stereocenters. The number of benzene rings is 1. The quantitative estimate of drug-likeness (QED) is 0.802. The second-order valence-electron chi connectivity index (χ2n) is 4.45. The van der Waals surface area contributed by atoms with Gasteiger partial charge in [-0.3, -0.25) is 9.59 Å². The maximum atomic E-state index is 12.5. The fourth-order valence-electron chi connectivity index (χ4n) is 2.23. The maximum absolute atomic E-state index is 12.5. The molecule has 0 aromatic heterocycles. The molecule has 1 aromatic rings. The van der Waals surface area contributed by atoms with Gasteiger partial charge in [0.15, 0.2) is 0 Å². The fourth-order valence-corrected chi connectivity index (χ4v) is 2.40. The van der Waals surface area contributed by atoms with E-state index in [1.807, 2.05) is 6.92 Å². The average molecular weight is 282 g/mol. The number of nitrogens with one attached hydrogen (secondary N) is 1. The number of halogens is 1. The van der Waals surface area contributed by atoms with Gasteiger partial charge in [0.1, 0.15) is 6.04 Å². The lowest BCUT2D eigenvalue weighted by atomic mass is 10.1. The molecule has 1 aliphatic heterocycles. The van der Waals surface area contributed by atoms with Crippen LogP contribution in [-0.2, 0) is 4.79 Å². The van der Waals surface area contributed by atoms with Crippen molar-refractivity contribution in [2.75, 3.05) is 18.8 Å². The predicted octanol–water partition coefficient (Wildman–Crippen LogP) is 1.27. The number of piperazine rings is 1. The molecule has 0 radical (unpaired) electrons. The largest absolute Gasteiger partial charge is 0.398 e. The van der Waals surface area contributed by atoms with Crippen LogP contribution in [0.25, 0.3) is 0 Å². The van der Waals surface area contributed by atoms with E-state index in [2.05, 4.69) is 5.32 Å². The molecule has 1 aromatic carbocycles. The molecule has 1 unspecified atom stereocenters. The number of amides is 2. The Hall–Kier alpha value is -1.75. The van der Waals surface area contributed by atoms with Gasteiger partial charge in [0.25, 0.3) is 5.91 Å². The van der Waals surface area contributed by atoms with Crippen LogP contribution in [0.2, 0.25) is 5.02 Å². The van der Waals surface area contributed by atoms with E-state index >= 15 is 0 Å². The standard InChI is InChI=1S/C13H16ClN3O2/c1-2-11-12(18)16-5-6-17(11)13(19)9-7-8(14)3-4-10(9)15/h3-4,7,11H,2,5-6,15H2,1H3,(H,16,18). The van der Waals surface area contributed by atoms with Crippen LogP contribution in [-0.4, -0.2) is 35.8 Å². The summed E-state index contributed by atoms with van der Waals surface area (Å²) in [5, 5.41) is 3.21. The normalized spacial score (nSPS) is 19.2. The van der Waals surface area contributed by atoms with Crippen LogP contribution < -0.4 is 11.1 Å². The summed E-state index contributed by atoms with van der Waals surface area (Å²) in [6, 6.07) is 4.33. The molecule has 0 bridgehead atoms. The summed E-state index contributed by atoms with van der Waals surface area (Å²) in [7, 11) is 0. The van der Waals surface area contributed by atoms with Crippen molar-refractivity contribution in [1.82, 2.24) is 10.2 Å². The van der Waals surface area contributed by atoms with Gasteiger partial charge in [0.2, 0.25) is 5.91 Å². The Balaban J connectivity index is 2.32. The molecule has 0 saturated carbocycles. The third kappa shape index (κ3) is 2.66. The Morgan fingerprint density at radius 3 is 3.00 bits per heavy atom. The molecule has 2 amide bonds. The monoisotopic (exact) mass is 281 g/mol. The second-order valence-corrected chi connectivity index (χ2v) is 4.88. The number of nitrogens with two attached hydrogens (primary N) is 1. The highest BCUT2D eigenvalue weighted by atomic mass is 35.5. The van der Waals surface area contributed by atoms with E-state index in [9.17, 15) is 9.59 Å². The molecule has 0 aliphatic carbocycles. The second kappa shape index (κ2) is 5.48. The van der Waals surface area contributed by atoms with E-state index in [1.54, 1.807) is 23.1 Å². The van der Waals surface area contributed by atoms with Gasteiger partial charge in [-0.25, -0.2) is 0 Å². The Kier molecular flexibility index (Phi) is 3.95. The summed E-state index contributed by atoms with van der Waals surface area (Å²) in [4.78, 5) is 25.8. The minimum absolute atomic E-state index is 0.123. The van der Waals surface area contributed by atoms with Gasteiger partial charge in [-0.15, -0.1) is 0 Å². The zero-order valence-electron chi connectivity index (χ0n) is 10.6. The highest BCUT2D eigenvalue weighted by Crippen LogP contribution is 2.21. The SMILES string of the molecule is CCC1C(=O)NCCN1C(=O)c1cc(Cl)ccc1N. The van der Waals surface area contributed by atoms with E-state index < -0.39 is 6.04 Å². The summed E-state index contributed by atoms with van der Waals surface area (Å²) < 4.78 is 0. The van der Waals surface area contributed by atoms with E-state index in [0.717, 1.165) is 0 Å². The van der Waals surface area contributed by atoms with Gasteiger partial charge in [-0.2, -0.15) is 0 Å². The number of hydrogen-bond acceptors (Lipinski definition) is 3. The first-order chi connectivity index (χ1) is 9.04. The van der Waals surface area contributed by atoms with E-state index in [1.165, 1.54) is 0 Å². The molecule has 1 fully saturated rings. The molecule has 6 heteroatoms. The summed E-state index contributed by atoms with van der Waals surface area (Å²) in [5.74, 6) is -0.371. The van der Waals surface area contributed by atoms with E-state index in [0.29, 0.717) is 35.8 Å². The molecular weight excluding hydrogens is 266 g/mol. The number of carbonyl (C=O) groups is 2. The third-order valence-corrected chi connectivity index (χ3v) is 3.46. The van der Waals surface area contributed by atoms with Gasteiger partial charge in [-0.05, 0) is 24.6 Å². The van der Waals surface area contributed by atoms with Crippen LogP contribution in [0.1, 0.15) is 23.7 Å². The van der Waals surface area contributed by atoms with Crippen LogP contribution in [0.3, 0.4) is 0 Å². The lowest BCUT2D eigenvalue weighted by Gasteiger charge is -2.34. The summed E-state index contributed by atoms with van der Waals surface area (Å²) in [6.45, 7) is 2.81. The molecule has 2 rings (SSSR count). The van der Waals surface area contributed by atoms with Crippen molar-refractivity contribution in [1.29, 1.82) is 0 Å². The van der Waals surface area contributed by atoms with Crippen molar-refractivity contribution in [3.05, 3.63) is 28.8 Å². The van der Waals surface area contributed by atoms with Crippen molar-refractivity contribution < 1.29 is 9.59 Å². The average Bonchev–Trinajstić information content (AvgIpc) is 2.40. The van der Waals surface area contributed by atoms with Crippen molar-refractivity contribution in [3.63, 3.8) is 0 Å². The number of anilines is 1. The van der Waals surface area contributed by atoms with Crippen molar-refractivity contribution in [3.8, 4) is 0 Å². The number of carbonyl (C=O) groups excluding carboxylic acids is 2. The number of nitrogen functional groups attached to an aromatic ring is 1. The van der Waals surface area contributed by atoms with Gasteiger partial charge in [-0.1, -0.05) is 18.5 Å². The Bertz CT molecular complexity index is 519. The Morgan fingerprint density at radius 2 is 2.32 bits per heavy atom. The lowest BCUT2D eigenvalue weighted by molar-refractivity contribution is -0.127. The van der Waals surface area contributed by atoms with Gasteiger partial charge in [0.05, 0.1) is 5.56 Å². The molecule has 19 heavy (non-hydrogen) atoms. The van der Waals surface area contributed by atoms with Crippen LogP contribution >= 0.6 is 11.6 Å². The number of hydrogen-bond donors (Lipinski definition) is 2. The predicted molar refractivity (Wildman–Crippen MR) is 74.0 cm³/mol. The molecule has 102 valence electrons. The molecule has 1 heterocycles. The zero-order valence-corrected chi connectivity index (χ0v) is 11.4. The van der Waals surface area contributed by atoms with Crippen LogP contribution in [0.5, 0.6) is 0 Å². The number of rotatable bonds is 2. The molecule has 1 aliphatic rings. The number of nitrogens with zero attached hydrogens (tertiary/aromatic N) is 1. The zero-order chi connectivity index (χ0) is 14.0. The van der Waals surface area contributed by atoms with Crippen molar-refractivity contribution in [2.24, 2.45) is 0 Å². The topological polar surface area (TPSA) is 75.4 Å². The minimum Gasteiger partial charge on any atom is -0.398 e. The first kappa shape index (κ1) is 13.7. The van der Waals surface area contributed by atoms with Gasteiger partial charge < -0.3 is 16.0 Å². The van der Waals surface area contributed by atoms with Crippen LogP contribution in [0, 0.1) is 0 Å². The van der Waals surface area contributed by atoms with E-state index in [4.69, 9.17) is 17.3 Å². The van der Waals surface area contributed by atoms with E-state index in [-0.39, 0.29) is 11.8 Å². The Labute approximate surface area is 116 Å². The summed E-state index contributed by atoms with van der Waals surface area (Å²) in [6.07, 6.45) is 0.568. The van der Waals surface area contributed by atoms with Crippen molar-refractivity contribution in [2.45, 2.75) is 19.4 Å². The van der Waals surface area contributed by atoms with Gasteiger partial charge in [0, 0.05) is 23.8 Å². The first-order valence-electron chi connectivity index (χ1n) is 6.18. The lowest BCUT2D eigenvalue weighted by Crippen LogP contribution is -2.57. The smallest absolute Gasteiger partial charge is 0.256 e. The maximum Gasteiger partial charge on any atom is 0.256 e. The highest BCUT2D eigenvalue weighted by Gasteiger charge is 2.32. The van der Waals surface area contributed by atoms with Crippen LogP contribution in [0.15, 0.2) is 18.2 Å². The van der Waals surface area contributed by atoms with Crippen molar-refractivity contribution >= 4 is 29.1 Å². The molecule has 1 saturated heterocycles. The first-order valence-corrected chi connectivity index (χ1v) is 6.56. The summed E-state index contributed by atoms with van der Waals surface area (Å²) in [5.41, 5.74) is 6.53. The minimum atomic E-state index is -0.445. The third-order valence-electron chi connectivity index (χ3n) is 3.22. The van der Waals surface area contributed by atoms with Gasteiger partial charge >= 0.3 is 0 Å². The molecule has 5 nitrogen and oxygen atoms in total. The van der Waals surface area contributed by atoms with Crippen LogP contribution in [0.4, 0.5) is 5.69 Å².